The van der Waals surface area contributed by atoms with Crippen LogP contribution in [0.3, 0.4) is 0 Å². The minimum Gasteiger partial charge on any atom is -0.326 e. The molecule has 0 radical (unpaired) electrons. The van der Waals surface area contributed by atoms with Gasteiger partial charge in [0.05, 0.1) is 6.42 Å². The van der Waals surface area contributed by atoms with Crippen LogP contribution in [0.25, 0.3) is 0 Å². The maximum Gasteiger partial charge on any atom is 0.300 e. The zero-order valence-corrected chi connectivity index (χ0v) is 8.76. The van der Waals surface area contributed by atoms with E-state index in [1.54, 1.807) is 25.1 Å². The molecule has 1 aliphatic rings. The molecule has 0 fully saturated rings. The Morgan fingerprint density at radius 3 is 3.06 bits per heavy atom. The van der Waals surface area contributed by atoms with Crippen molar-refractivity contribution in [2.75, 3.05) is 10.6 Å². The van der Waals surface area contributed by atoms with Gasteiger partial charge in [0.2, 0.25) is 5.91 Å². The Bertz CT molecular complexity index is 524. The minimum atomic E-state index is -0.347. The smallest absolute Gasteiger partial charge is 0.300 e. The lowest BCUT2D eigenvalue weighted by Crippen LogP contribution is -2.08. The zero-order valence-electron chi connectivity index (χ0n) is 8.76. The summed E-state index contributed by atoms with van der Waals surface area (Å²) in [6, 6.07) is 5.29. The molecule has 0 spiro atoms. The Labute approximate surface area is 93.0 Å². The average molecular weight is 214 g/mol. The molecule has 2 N–H and O–H groups in total. The number of carbonyl (C=O) groups is 2. The van der Waals surface area contributed by atoms with Crippen LogP contribution in [-0.2, 0) is 16.0 Å². The number of carbonyl (C=O) groups excluding carboxylic acids is 2. The molecule has 1 aromatic rings. The largest absolute Gasteiger partial charge is 0.326 e. The van der Waals surface area contributed by atoms with Crippen molar-refractivity contribution < 1.29 is 9.59 Å². The molecule has 1 aliphatic heterocycles. The van der Waals surface area contributed by atoms with Crippen molar-refractivity contribution in [1.82, 2.24) is 0 Å². The van der Waals surface area contributed by atoms with E-state index in [1.165, 1.54) is 0 Å². The Balaban J connectivity index is 2.19. The van der Waals surface area contributed by atoms with Crippen molar-refractivity contribution in [3.63, 3.8) is 0 Å². The normalized spacial score (nSPS) is 12.2. The van der Waals surface area contributed by atoms with Gasteiger partial charge in [0.25, 0.3) is 5.91 Å². The molecule has 0 aromatic heterocycles. The maximum absolute atomic E-state index is 11.2. The van der Waals surface area contributed by atoms with Crippen molar-refractivity contribution in [3.05, 3.63) is 23.8 Å². The fraction of sp³-hybridized carbons (Fsp3) is 0.167. The van der Waals surface area contributed by atoms with Crippen LogP contribution in [0.2, 0.25) is 0 Å². The van der Waals surface area contributed by atoms with Crippen LogP contribution in [0.15, 0.2) is 18.2 Å². The van der Waals surface area contributed by atoms with E-state index in [-0.39, 0.29) is 11.8 Å². The van der Waals surface area contributed by atoms with Gasteiger partial charge in [-0.3, -0.25) is 9.59 Å². The number of hydrogen-bond acceptors (Lipinski definition) is 2. The highest BCUT2D eigenvalue weighted by Gasteiger charge is 2.17. The molecule has 0 atom stereocenters. The number of fused-ring (bicyclic) bond motifs is 1. The first kappa shape index (κ1) is 10.2. The van der Waals surface area contributed by atoms with Crippen LogP contribution in [-0.4, -0.2) is 11.8 Å². The molecule has 0 unspecified atom stereocenters. The molecule has 80 valence electrons. The molecule has 4 heteroatoms. The molecule has 0 saturated heterocycles. The lowest BCUT2D eigenvalue weighted by atomic mass is 10.1. The highest BCUT2D eigenvalue weighted by Crippen LogP contribution is 2.25. The van der Waals surface area contributed by atoms with E-state index < -0.39 is 0 Å². The molecule has 16 heavy (non-hydrogen) atoms. The van der Waals surface area contributed by atoms with Crippen molar-refractivity contribution in [2.45, 2.75) is 13.3 Å². The molecule has 4 nitrogen and oxygen atoms in total. The summed E-state index contributed by atoms with van der Waals surface area (Å²) in [5.74, 6) is 4.54. The van der Waals surface area contributed by atoms with E-state index in [1.807, 2.05) is 0 Å². The number of amides is 2. The first-order valence-corrected chi connectivity index (χ1v) is 4.85. The van der Waals surface area contributed by atoms with Crippen molar-refractivity contribution in [1.29, 1.82) is 0 Å². The van der Waals surface area contributed by atoms with Gasteiger partial charge in [-0.1, -0.05) is 5.92 Å². The molecule has 0 bridgehead atoms. The lowest BCUT2D eigenvalue weighted by Gasteiger charge is -2.03. The first-order valence-electron chi connectivity index (χ1n) is 4.85. The van der Waals surface area contributed by atoms with Gasteiger partial charge in [-0.05, 0) is 36.6 Å². The second-order valence-corrected chi connectivity index (χ2v) is 3.43. The van der Waals surface area contributed by atoms with Crippen LogP contribution in [0.4, 0.5) is 11.4 Å². The molecule has 2 amide bonds. The monoisotopic (exact) mass is 214 g/mol. The number of nitrogens with one attached hydrogen (secondary N) is 2. The summed E-state index contributed by atoms with van der Waals surface area (Å²) in [6.45, 7) is 1.60. The third kappa shape index (κ3) is 2.04. The topological polar surface area (TPSA) is 58.2 Å². The van der Waals surface area contributed by atoms with Gasteiger partial charge in [-0.15, -0.1) is 0 Å². The average Bonchev–Trinajstić information content (AvgIpc) is 2.57. The van der Waals surface area contributed by atoms with E-state index in [9.17, 15) is 9.59 Å². The molecular formula is C12H10N2O2. The van der Waals surface area contributed by atoms with E-state index >= 15 is 0 Å². The molecular weight excluding hydrogens is 204 g/mol. The molecule has 1 aromatic carbocycles. The summed E-state index contributed by atoms with van der Waals surface area (Å²) in [5, 5.41) is 5.36. The van der Waals surface area contributed by atoms with E-state index in [4.69, 9.17) is 0 Å². The summed E-state index contributed by atoms with van der Waals surface area (Å²) in [5.41, 5.74) is 2.36. The van der Waals surface area contributed by atoms with Crippen LogP contribution < -0.4 is 10.6 Å². The number of rotatable bonds is 1. The van der Waals surface area contributed by atoms with Gasteiger partial charge in [0.15, 0.2) is 0 Å². The van der Waals surface area contributed by atoms with E-state index in [2.05, 4.69) is 22.5 Å². The summed E-state index contributed by atoms with van der Waals surface area (Å²) in [6.07, 6.45) is 0.360. The Kier molecular flexibility index (Phi) is 2.61. The summed E-state index contributed by atoms with van der Waals surface area (Å²) in [4.78, 5) is 22.3. The number of hydrogen-bond donors (Lipinski definition) is 2. The Morgan fingerprint density at radius 2 is 2.31 bits per heavy atom. The standard InChI is InChI=1S/C12H10N2O2/c1-2-3-11(15)13-9-4-5-10-8(6-9)7-12(16)14-10/h4-6H,7H2,1H3,(H,13,15)(H,14,16). The third-order valence-corrected chi connectivity index (χ3v) is 2.23. The predicted octanol–water partition coefficient (Wildman–Crippen LogP) is 1.14. The van der Waals surface area contributed by atoms with Crippen molar-refractivity contribution in [2.24, 2.45) is 0 Å². The van der Waals surface area contributed by atoms with E-state index in [0.717, 1.165) is 11.3 Å². The number of benzene rings is 1. The lowest BCUT2D eigenvalue weighted by molar-refractivity contribution is -0.115. The van der Waals surface area contributed by atoms with Crippen molar-refractivity contribution in [3.8, 4) is 11.8 Å². The number of anilines is 2. The van der Waals surface area contributed by atoms with Crippen LogP contribution in [0.5, 0.6) is 0 Å². The summed E-state index contributed by atoms with van der Waals surface area (Å²) >= 11 is 0. The molecule has 0 saturated carbocycles. The van der Waals surface area contributed by atoms with Gasteiger partial charge in [-0.25, -0.2) is 0 Å². The molecule has 1 heterocycles. The van der Waals surface area contributed by atoms with Crippen molar-refractivity contribution >= 4 is 23.2 Å². The SMILES string of the molecule is CC#CC(=O)Nc1ccc2c(c1)CC(=O)N2. The van der Waals surface area contributed by atoms with Crippen LogP contribution >= 0.6 is 0 Å². The Hall–Kier alpha value is -2.28. The summed E-state index contributed by atoms with van der Waals surface area (Å²) in [7, 11) is 0. The highest BCUT2D eigenvalue weighted by molar-refractivity contribution is 6.05. The highest BCUT2D eigenvalue weighted by atomic mass is 16.2. The van der Waals surface area contributed by atoms with Gasteiger partial charge in [-0.2, -0.15) is 0 Å². The molecule has 0 aliphatic carbocycles. The predicted molar refractivity (Wildman–Crippen MR) is 60.9 cm³/mol. The third-order valence-electron chi connectivity index (χ3n) is 2.23. The summed E-state index contributed by atoms with van der Waals surface area (Å²) < 4.78 is 0. The molecule has 2 rings (SSSR count). The zero-order chi connectivity index (χ0) is 11.5. The fourth-order valence-corrected chi connectivity index (χ4v) is 1.58. The fourth-order valence-electron chi connectivity index (χ4n) is 1.58. The van der Waals surface area contributed by atoms with Gasteiger partial charge in [0, 0.05) is 11.4 Å². The van der Waals surface area contributed by atoms with Crippen LogP contribution in [0.1, 0.15) is 12.5 Å². The van der Waals surface area contributed by atoms with Gasteiger partial charge in [0.1, 0.15) is 0 Å². The quantitative estimate of drug-likeness (QED) is 0.689. The van der Waals surface area contributed by atoms with Gasteiger partial charge < -0.3 is 10.6 Å². The minimum absolute atomic E-state index is 0.0215. The van der Waals surface area contributed by atoms with Crippen LogP contribution in [0, 0.1) is 11.8 Å². The second-order valence-electron chi connectivity index (χ2n) is 3.43. The first-order chi connectivity index (χ1) is 7.69. The van der Waals surface area contributed by atoms with Gasteiger partial charge >= 0.3 is 0 Å². The second kappa shape index (κ2) is 4.07. The Morgan fingerprint density at radius 1 is 1.50 bits per heavy atom. The maximum atomic E-state index is 11.2. The van der Waals surface area contributed by atoms with E-state index in [0.29, 0.717) is 12.1 Å².